The fourth-order valence-electron chi connectivity index (χ4n) is 8.59. The average molecular weight is 779 g/mol. The van der Waals surface area contributed by atoms with E-state index in [1.807, 2.05) is 0 Å². The first kappa shape index (κ1) is 40.7. The van der Waals surface area contributed by atoms with Crippen molar-refractivity contribution in [1.29, 1.82) is 0 Å². The standard InChI is InChI=1S/C50H62N6O2/c1-7-55(8-2,9-3)31-13-33-57-43-23-15-37(16-24-43)49-45-27-19-39(51-45)35-41-21-29-47(53-41)50(48-30-22-42(54-48)36-40-20-28-46(49)52-40)38-17-25-44(26-18-38)58-34-14-32-56(10-4,11-5)12-6/h15-30,35-36,51-52H,7-14,31-34H2,1-6H3/q+2. The van der Waals surface area contributed by atoms with Crippen molar-refractivity contribution in [2.45, 2.75) is 54.4 Å². The van der Waals surface area contributed by atoms with Crippen molar-refractivity contribution < 1.29 is 18.4 Å². The average Bonchev–Trinajstić information content (AvgIpc) is 4.10. The van der Waals surface area contributed by atoms with Crippen molar-refractivity contribution in [1.82, 2.24) is 19.9 Å². The number of hydrogen-bond acceptors (Lipinski definition) is 4. The number of benzene rings is 2. The van der Waals surface area contributed by atoms with E-state index in [0.29, 0.717) is 6.61 Å². The van der Waals surface area contributed by atoms with E-state index < -0.39 is 0 Å². The van der Waals surface area contributed by atoms with Gasteiger partial charge in [-0.1, -0.05) is 24.3 Å². The Kier molecular flexibility index (Phi) is 12.9. The first-order valence-electron chi connectivity index (χ1n) is 21.6. The second kappa shape index (κ2) is 18.4. The molecule has 0 amide bonds. The highest BCUT2D eigenvalue weighted by Crippen LogP contribution is 2.34. The SMILES string of the molecule is CC[N+](CC)(CC)CCCOc1ccc(-c2c3nc(cc4ccc([nH]4)c(-c4ccc(OCCC[N+](CC)(CC)CC)cc4)c4ccc(cc5nc2C=C5)[nH]4)C=C3)cc1. The summed E-state index contributed by atoms with van der Waals surface area (Å²) in [4.78, 5) is 17.6. The monoisotopic (exact) mass is 778 g/mol. The molecule has 5 aromatic rings. The summed E-state index contributed by atoms with van der Waals surface area (Å²) in [5.74, 6) is 1.77. The van der Waals surface area contributed by atoms with Crippen LogP contribution in [-0.2, 0) is 0 Å². The molecule has 0 saturated carbocycles. The molecule has 0 aliphatic carbocycles. The fourth-order valence-corrected chi connectivity index (χ4v) is 8.59. The number of hydrogen-bond donors (Lipinski definition) is 2. The Balaban J connectivity index is 1.18. The number of nitrogens with one attached hydrogen (secondary N) is 2. The van der Waals surface area contributed by atoms with Crippen molar-refractivity contribution in [3.05, 3.63) is 108 Å². The van der Waals surface area contributed by atoms with E-state index in [0.717, 1.165) is 159 Å². The van der Waals surface area contributed by atoms with Crippen molar-refractivity contribution in [3.8, 4) is 33.8 Å². The molecule has 0 unspecified atom stereocenters. The van der Waals surface area contributed by atoms with Gasteiger partial charge < -0.3 is 28.4 Å². The van der Waals surface area contributed by atoms with Gasteiger partial charge in [0.25, 0.3) is 0 Å². The first-order valence-corrected chi connectivity index (χ1v) is 21.6. The number of aromatic amines is 2. The second-order valence-electron chi connectivity index (χ2n) is 15.7. The lowest BCUT2D eigenvalue weighted by Gasteiger charge is -2.35. The minimum atomic E-state index is 0.711. The molecule has 8 nitrogen and oxygen atoms in total. The molecule has 0 spiro atoms. The Labute approximate surface area is 345 Å². The number of ether oxygens (including phenoxy) is 2. The maximum atomic E-state index is 6.23. The van der Waals surface area contributed by atoms with Crippen LogP contribution in [0.2, 0.25) is 0 Å². The highest BCUT2D eigenvalue weighted by Gasteiger charge is 2.21. The van der Waals surface area contributed by atoms with E-state index >= 15 is 0 Å². The molecule has 5 heterocycles. The summed E-state index contributed by atoms with van der Waals surface area (Å²) in [6.07, 6.45) is 10.4. The van der Waals surface area contributed by atoms with Gasteiger partial charge in [0.1, 0.15) is 11.5 Å². The van der Waals surface area contributed by atoms with Crippen molar-refractivity contribution in [2.75, 3.05) is 65.6 Å². The maximum Gasteiger partial charge on any atom is 0.119 e. The number of aromatic nitrogens is 4. The molecule has 58 heavy (non-hydrogen) atoms. The zero-order chi connectivity index (χ0) is 40.5. The third-order valence-electron chi connectivity index (χ3n) is 12.8. The summed E-state index contributed by atoms with van der Waals surface area (Å²) >= 11 is 0. The fraction of sp³-hybridized carbons (Fsp3) is 0.360. The Morgan fingerprint density at radius 3 is 1.26 bits per heavy atom. The summed E-state index contributed by atoms with van der Waals surface area (Å²) in [7, 11) is 0. The lowest BCUT2D eigenvalue weighted by Crippen LogP contribution is -2.48. The van der Waals surface area contributed by atoms with Crippen molar-refractivity contribution >= 4 is 46.4 Å². The summed E-state index contributed by atoms with van der Waals surface area (Å²) in [5.41, 5.74) is 11.7. The van der Waals surface area contributed by atoms with E-state index in [1.165, 1.54) is 0 Å². The molecule has 0 fully saturated rings. The lowest BCUT2D eigenvalue weighted by molar-refractivity contribution is -0.923. The van der Waals surface area contributed by atoms with E-state index in [2.05, 4.69) is 161 Å². The summed E-state index contributed by atoms with van der Waals surface area (Å²) < 4.78 is 14.7. The van der Waals surface area contributed by atoms with Gasteiger partial charge in [0.05, 0.1) is 88.3 Å². The highest BCUT2D eigenvalue weighted by atomic mass is 16.5. The number of H-pyrrole nitrogens is 2. The summed E-state index contributed by atoms with van der Waals surface area (Å²) in [5, 5.41) is 0. The molecule has 302 valence electrons. The smallest absolute Gasteiger partial charge is 0.119 e. The second-order valence-corrected chi connectivity index (χ2v) is 15.7. The quantitative estimate of drug-likeness (QED) is 0.0672. The molecule has 0 saturated heterocycles. The van der Waals surface area contributed by atoms with Gasteiger partial charge in [-0.15, -0.1) is 0 Å². The first-order chi connectivity index (χ1) is 28.3. The molecule has 8 bridgehead atoms. The van der Waals surface area contributed by atoms with Crippen LogP contribution in [0.15, 0.2) is 84.9 Å². The lowest BCUT2D eigenvalue weighted by atomic mass is 10.0. The van der Waals surface area contributed by atoms with Crippen LogP contribution >= 0.6 is 0 Å². The highest BCUT2D eigenvalue weighted by molar-refractivity contribution is 5.94. The zero-order valence-corrected chi connectivity index (χ0v) is 35.5. The van der Waals surface area contributed by atoms with Gasteiger partial charge in [-0.25, -0.2) is 9.97 Å². The zero-order valence-electron chi connectivity index (χ0n) is 35.5. The molecular formula is C50H62N6O2+2. The maximum absolute atomic E-state index is 6.23. The number of fused-ring (bicyclic) bond motifs is 8. The summed E-state index contributed by atoms with van der Waals surface area (Å²) in [6, 6.07) is 29.6. The van der Waals surface area contributed by atoms with Crippen molar-refractivity contribution in [3.63, 3.8) is 0 Å². The van der Waals surface area contributed by atoms with Crippen LogP contribution in [0.4, 0.5) is 0 Å². The van der Waals surface area contributed by atoms with Crippen LogP contribution in [0, 0.1) is 0 Å². The van der Waals surface area contributed by atoms with E-state index in [9.17, 15) is 0 Å². The van der Waals surface area contributed by atoms with Crippen LogP contribution < -0.4 is 9.47 Å². The largest absolute Gasteiger partial charge is 0.493 e. The molecule has 0 radical (unpaired) electrons. The number of quaternary nitrogens is 2. The molecule has 8 heteroatoms. The van der Waals surface area contributed by atoms with E-state index in [1.54, 1.807) is 0 Å². The van der Waals surface area contributed by atoms with Gasteiger partial charge in [-0.2, -0.15) is 0 Å². The number of nitrogens with zero attached hydrogens (tertiary/aromatic N) is 4. The van der Waals surface area contributed by atoms with E-state index in [4.69, 9.17) is 19.4 Å². The Hall–Kier alpha value is -5.44. The molecule has 3 aromatic heterocycles. The predicted molar refractivity (Wildman–Crippen MR) is 243 cm³/mol. The molecule has 2 N–H and O–H groups in total. The van der Waals surface area contributed by atoms with Crippen LogP contribution in [0.5, 0.6) is 11.5 Å². The third kappa shape index (κ3) is 9.14. The van der Waals surface area contributed by atoms with Crippen LogP contribution in [0.1, 0.15) is 77.2 Å². The van der Waals surface area contributed by atoms with Crippen molar-refractivity contribution in [2.24, 2.45) is 0 Å². The molecule has 2 aromatic carbocycles. The minimum Gasteiger partial charge on any atom is -0.493 e. The Bertz CT molecular complexity index is 2270. The Morgan fingerprint density at radius 2 is 0.862 bits per heavy atom. The van der Waals surface area contributed by atoms with Gasteiger partial charge in [-0.05, 0) is 138 Å². The molecule has 7 rings (SSSR count). The van der Waals surface area contributed by atoms with Crippen LogP contribution in [0.3, 0.4) is 0 Å². The third-order valence-corrected chi connectivity index (χ3v) is 12.8. The van der Waals surface area contributed by atoms with Gasteiger partial charge in [0.2, 0.25) is 0 Å². The van der Waals surface area contributed by atoms with E-state index in [-0.39, 0.29) is 0 Å². The predicted octanol–water partition coefficient (Wildman–Crippen LogP) is 11.3. The minimum absolute atomic E-state index is 0.711. The van der Waals surface area contributed by atoms with Gasteiger partial charge in [-0.3, -0.25) is 0 Å². The molecule has 2 aliphatic heterocycles. The Morgan fingerprint density at radius 1 is 0.466 bits per heavy atom. The molecule has 2 aliphatic rings. The number of rotatable bonds is 18. The molecular weight excluding hydrogens is 717 g/mol. The molecule has 0 atom stereocenters. The van der Waals surface area contributed by atoms with Gasteiger partial charge >= 0.3 is 0 Å². The summed E-state index contributed by atoms with van der Waals surface area (Å²) in [6.45, 7) is 24.4. The van der Waals surface area contributed by atoms with Crippen LogP contribution in [0.25, 0.3) is 68.6 Å². The van der Waals surface area contributed by atoms with Crippen LogP contribution in [-0.4, -0.2) is 94.5 Å². The normalized spacial score (nSPS) is 12.7. The topological polar surface area (TPSA) is 75.8 Å². The van der Waals surface area contributed by atoms with Gasteiger partial charge in [0, 0.05) is 46.0 Å². The van der Waals surface area contributed by atoms with Gasteiger partial charge in [0.15, 0.2) is 0 Å².